The minimum atomic E-state index is -1.00. The summed E-state index contributed by atoms with van der Waals surface area (Å²) in [4.78, 5) is 23.3. The predicted molar refractivity (Wildman–Crippen MR) is 96.1 cm³/mol. The van der Waals surface area contributed by atoms with Crippen molar-refractivity contribution in [2.24, 2.45) is 5.92 Å². The topological polar surface area (TPSA) is 92.4 Å². The molecule has 1 aromatic heterocycles. The van der Waals surface area contributed by atoms with Gasteiger partial charge < -0.3 is 14.9 Å². The molecule has 6 nitrogen and oxygen atoms in total. The maximum Gasteiger partial charge on any atom is 0.335 e. The van der Waals surface area contributed by atoms with Crippen LogP contribution in [0.15, 0.2) is 47.0 Å². The molecule has 1 heterocycles. The molecule has 1 fully saturated rings. The third-order valence-corrected chi connectivity index (χ3v) is 4.67. The van der Waals surface area contributed by atoms with Crippen molar-refractivity contribution in [2.45, 2.75) is 19.3 Å². The number of carboxylic acid groups (broad SMARTS) is 1. The Labute approximate surface area is 149 Å². The summed E-state index contributed by atoms with van der Waals surface area (Å²) in [5, 5.41) is 16.7. The van der Waals surface area contributed by atoms with Crippen LogP contribution >= 0.6 is 0 Å². The third-order valence-electron chi connectivity index (χ3n) is 4.67. The Morgan fingerprint density at radius 1 is 1.12 bits per heavy atom. The summed E-state index contributed by atoms with van der Waals surface area (Å²) in [5.41, 5.74) is 2.09. The Morgan fingerprint density at radius 2 is 1.85 bits per heavy atom. The van der Waals surface area contributed by atoms with Crippen LogP contribution in [0.1, 0.15) is 40.0 Å². The zero-order valence-corrected chi connectivity index (χ0v) is 14.1. The minimum Gasteiger partial charge on any atom is -0.478 e. The SMILES string of the molecule is O=C(O)c1ccc2noc(-c3ccc(C(=O)NCCC4CC4)cc3)c2c1. The highest BCUT2D eigenvalue weighted by atomic mass is 16.5. The van der Waals surface area contributed by atoms with Gasteiger partial charge in [-0.05, 0) is 42.7 Å². The molecule has 0 unspecified atom stereocenters. The number of nitrogens with zero attached hydrogens (tertiary/aromatic N) is 1. The first-order valence-corrected chi connectivity index (χ1v) is 8.63. The molecule has 0 radical (unpaired) electrons. The lowest BCUT2D eigenvalue weighted by atomic mass is 10.0. The lowest BCUT2D eigenvalue weighted by Crippen LogP contribution is -2.24. The van der Waals surface area contributed by atoms with Crippen LogP contribution in [0, 0.1) is 5.92 Å². The van der Waals surface area contributed by atoms with E-state index in [0.29, 0.717) is 28.8 Å². The van der Waals surface area contributed by atoms with E-state index in [0.717, 1.165) is 17.9 Å². The Bertz CT molecular complexity index is 971. The molecule has 1 amide bonds. The second kappa shape index (κ2) is 6.63. The smallest absolute Gasteiger partial charge is 0.335 e. The summed E-state index contributed by atoms with van der Waals surface area (Å²) in [6.07, 6.45) is 3.60. The first kappa shape index (κ1) is 16.3. The molecule has 0 spiro atoms. The van der Waals surface area contributed by atoms with Crippen molar-refractivity contribution in [2.75, 3.05) is 6.54 Å². The minimum absolute atomic E-state index is 0.0900. The number of hydrogen-bond donors (Lipinski definition) is 2. The van der Waals surface area contributed by atoms with Gasteiger partial charge in [0.05, 0.1) is 10.9 Å². The van der Waals surface area contributed by atoms with E-state index in [4.69, 9.17) is 9.63 Å². The number of hydrogen-bond acceptors (Lipinski definition) is 4. The summed E-state index contributed by atoms with van der Waals surface area (Å²) >= 11 is 0. The summed E-state index contributed by atoms with van der Waals surface area (Å²) in [6.45, 7) is 0.704. The van der Waals surface area contributed by atoms with Gasteiger partial charge in [0.2, 0.25) is 0 Å². The van der Waals surface area contributed by atoms with E-state index in [2.05, 4.69) is 10.5 Å². The molecule has 2 N–H and O–H groups in total. The molecule has 3 aromatic rings. The van der Waals surface area contributed by atoms with E-state index >= 15 is 0 Å². The van der Waals surface area contributed by atoms with Crippen LogP contribution < -0.4 is 5.32 Å². The first-order valence-electron chi connectivity index (χ1n) is 8.63. The average molecular weight is 350 g/mol. The number of nitrogens with one attached hydrogen (secondary N) is 1. The Balaban J connectivity index is 1.54. The fourth-order valence-corrected chi connectivity index (χ4v) is 2.95. The molecule has 0 aliphatic heterocycles. The molecule has 6 heteroatoms. The number of aromatic carboxylic acids is 1. The number of amides is 1. The molecular weight excluding hydrogens is 332 g/mol. The van der Waals surface area contributed by atoms with Crippen molar-refractivity contribution in [3.05, 3.63) is 53.6 Å². The number of carbonyl (C=O) groups is 2. The van der Waals surface area contributed by atoms with E-state index in [1.165, 1.54) is 18.9 Å². The molecule has 1 aliphatic carbocycles. The highest BCUT2D eigenvalue weighted by molar-refractivity contribution is 5.99. The Hall–Kier alpha value is -3.15. The zero-order valence-electron chi connectivity index (χ0n) is 14.1. The second-order valence-electron chi connectivity index (χ2n) is 6.61. The summed E-state index contributed by atoms with van der Waals surface area (Å²) in [5.74, 6) is 0.182. The van der Waals surface area contributed by atoms with Crippen molar-refractivity contribution < 1.29 is 19.2 Å². The van der Waals surface area contributed by atoms with Crippen molar-refractivity contribution >= 4 is 22.8 Å². The Morgan fingerprint density at radius 3 is 2.54 bits per heavy atom. The fraction of sp³-hybridized carbons (Fsp3) is 0.250. The lowest BCUT2D eigenvalue weighted by Gasteiger charge is -2.05. The molecule has 1 aliphatic rings. The molecule has 132 valence electrons. The van der Waals surface area contributed by atoms with Gasteiger partial charge in [0.15, 0.2) is 5.76 Å². The number of aromatic nitrogens is 1. The second-order valence-corrected chi connectivity index (χ2v) is 6.61. The first-order chi connectivity index (χ1) is 12.6. The summed E-state index contributed by atoms with van der Waals surface area (Å²) in [6, 6.07) is 11.7. The van der Waals surface area contributed by atoms with Gasteiger partial charge in [0.25, 0.3) is 5.91 Å². The van der Waals surface area contributed by atoms with Gasteiger partial charge in [0, 0.05) is 17.7 Å². The van der Waals surface area contributed by atoms with Crippen molar-refractivity contribution in [3.8, 4) is 11.3 Å². The fourth-order valence-electron chi connectivity index (χ4n) is 2.95. The van der Waals surface area contributed by atoms with Gasteiger partial charge in [-0.3, -0.25) is 4.79 Å². The van der Waals surface area contributed by atoms with E-state index in [1.807, 2.05) is 0 Å². The van der Waals surface area contributed by atoms with Gasteiger partial charge in [-0.2, -0.15) is 0 Å². The van der Waals surface area contributed by atoms with Gasteiger partial charge in [-0.1, -0.05) is 30.1 Å². The van der Waals surface area contributed by atoms with Gasteiger partial charge >= 0.3 is 5.97 Å². The van der Waals surface area contributed by atoms with E-state index in [9.17, 15) is 9.59 Å². The maximum atomic E-state index is 12.2. The van der Waals surface area contributed by atoms with Gasteiger partial charge in [-0.15, -0.1) is 0 Å². The van der Waals surface area contributed by atoms with Crippen LogP contribution in [-0.4, -0.2) is 28.7 Å². The number of fused-ring (bicyclic) bond motifs is 1. The zero-order chi connectivity index (χ0) is 18.1. The highest BCUT2D eigenvalue weighted by Crippen LogP contribution is 2.32. The van der Waals surface area contributed by atoms with E-state index in [1.54, 1.807) is 36.4 Å². The molecule has 0 saturated heterocycles. The molecule has 4 rings (SSSR count). The van der Waals surface area contributed by atoms with Crippen LogP contribution in [0.4, 0.5) is 0 Å². The van der Waals surface area contributed by atoms with Crippen molar-refractivity contribution in [3.63, 3.8) is 0 Å². The Kier molecular flexibility index (Phi) is 4.16. The largest absolute Gasteiger partial charge is 0.478 e. The molecular formula is C20H18N2O4. The molecule has 2 aromatic carbocycles. The molecule has 26 heavy (non-hydrogen) atoms. The van der Waals surface area contributed by atoms with Crippen LogP contribution in [0.3, 0.4) is 0 Å². The third kappa shape index (κ3) is 3.31. The highest BCUT2D eigenvalue weighted by Gasteiger charge is 2.20. The van der Waals surface area contributed by atoms with E-state index < -0.39 is 5.97 Å². The predicted octanol–water partition coefficient (Wildman–Crippen LogP) is 3.72. The number of benzene rings is 2. The molecule has 0 atom stereocenters. The van der Waals surface area contributed by atoms with Crippen molar-refractivity contribution in [1.82, 2.24) is 10.5 Å². The standard InChI is InChI=1S/C20H18N2O4/c23-19(21-10-9-12-1-2-12)14-5-3-13(4-6-14)18-16-11-15(20(24)25)7-8-17(16)22-26-18/h3-8,11-12H,1-2,9-10H2,(H,21,23)(H,24,25). The van der Waals surface area contributed by atoms with Gasteiger partial charge in [0.1, 0.15) is 5.52 Å². The summed E-state index contributed by atoms with van der Waals surface area (Å²) < 4.78 is 5.39. The maximum absolute atomic E-state index is 12.2. The normalized spacial score (nSPS) is 13.7. The number of carbonyl (C=O) groups excluding carboxylic acids is 1. The molecule has 0 bridgehead atoms. The van der Waals surface area contributed by atoms with Crippen LogP contribution in [-0.2, 0) is 0 Å². The number of rotatable bonds is 6. The monoisotopic (exact) mass is 350 g/mol. The van der Waals surface area contributed by atoms with Gasteiger partial charge in [-0.25, -0.2) is 4.79 Å². The quantitative estimate of drug-likeness (QED) is 0.707. The number of carboxylic acids is 1. The summed E-state index contributed by atoms with van der Waals surface area (Å²) in [7, 11) is 0. The van der Waals surface area contributed by atoms with Crippen LogP contribution in [0.5, 0.6) is 0 Å². The average Bonchev–Trinajstić information content (AvgIpc) is 3.38. The van der Waals surface area contributed by atoms with Crippen LogP contribution in [0.25, 0.3) is 22.2 Å². The van der Waals surface area contributed by atoms with E-state index in [-0.39, 0.29) is 11.5 Å². The van der Waals surface area contributed by atoms with Crippen molar-refractivity contribution in [1.29, 1.82) is 0 Å². The lowest BCUT2D eigenvalue weighted by molar-refractivity contribution is 0.0696. The van der Waals surface area contributed by atoms with Crippen LogP contribution in [0.2, 0.25) is 0 Å². The molecule has 1 saturated carbocycles.